The molecular formula is C16H13Br2NOS2. The number of hydrogen-bond donors (Lipinski definition) is 0. The number of likely N-dealkylation sites (N-methyl/N-ethyl adjacent to an activating group) is 1. The van der Waals surface area contributed by atoms with E-state index in [-0.39, 0.29) is 5.78 Å². The first-order valence-electron chi connectivity index (χ1n) is 6.66. The minimum atomic E-state index is 0.159. The molecular weight excluding hydrogens is 446 g/mol. The molecule has 3 rings (SSSR count). The summed E-state index contributed by atoms with van der Waals surface area (Å²) in [6.07, 6.45) is 4.01. The van der Waals surface area contributed by atoms with Gasteiger partial charge in [0.15, 0.2) is 5.78 Å². The van der Waals surface area contributed by atoms with E-state index in [4.69, 9.17) is 0 Å². The summed E-state index contributed by atoms with van der Waals surface area (Å²) >= 11 is 10.2. The number of rotatable bonds is 2. The van der Waals surface area contributed by atoms with Crippen LogP contribution in [0.5, 0.6) is 0 Å². The number of ketones is 1. The number of hydrogen-bond acceptors (Lipinski definition) is 4. The Kier molecular flexibility index (Phi) is 5.14. The van der Waals surface area contributed by atoms with Crippen LogP contribution in [-0.2, 0) is 4.79 Å². The summed E-state index contributed by atoms with van der Waals surface area (Å²) in [6, 6.07) is 8.08. The molecule has 1 aliphatic heterocycles. The third kappa shape index (κ3) is 3.86. The summed E-state index contributed by atoms with van der Waals surface area (Å²) in [5, 5.41) is 0. The first-order chi connectivity index (χ1) is 10.5. The van der Waals surface area contributed by atoms with Crippen LogP contribution < -0.4 is 0 Å². The first-order valence-corrected chi connectivity index (χ1v) is 9.88. The van der Waals surface area contributed by atoms with Gasteiger partial charge in [0.05, 0.1) is 7.57 Å². The molecule has 0 unspecified atom stereocenters. The van der Waals surface area contributed by atoms with Crippen LogP contribution in [0.25, 0.3) is 12.2 Å². The lowest BCUT2D eigenvalue weighted by Crippen LogP contribution is -2.34. The normalized spacial score (nSPS) is 20.2. The molecule has 3 heterocycles. The van der Waals surface area contributed by atoms with Crippen molar-refractivity contribution in [2.75, 3.05) is 20.1 Å². The van der Waals surface area contributed by atoms with Crippen molar-refractivity contribution in [1.29, 1.82) is 0 Å². The molecule has 1 aliphatic rings. The number of piperidine rings is 1. The van der Waals surface area contributed by atoms with Gasteiger partial charge in [-0.2, -0.15) is 0 Å². The lowest BCUT2D eigenvalue weighted by molar-refractivity contribution is -0.113. The molecule has 0 saturated carbocycles. The third-order valence-corrected chi connectivity index (χ3v) is 6.43. The molecule has 0 aliphatic carbocycles. The van der Waals surface area contributed by atoms with Crippen molar-refractivity contribution >= 4 is 72.5 Å². The standard InChI is InChI=1S/C16H13Br2NOS2/c1-19-8-10(6-12-2-4-14(17)21-12)16(20)11(9-19)7-13-3-5-15(18)22-13/h2-7H,8-9H2,1H3/b10-6+,11-7+. The van der Waals surface area contributed by atoms with E-state index in [9.17, 15) is 4.79 Å². The number of Topliss-reactive ketones (excluding diaryl/α,β-unsaturated/α-hetero) is 1. The fraction of sp³-hybridized carbons (Fsp3) is 0.188. The summed E-state index contributed by atoms with van der Waals surface area (Å²) in [4.78, 5) is 17.1. The largest absolute Gasteiger partial charge is 0.298 e. The van der Waals surface area contributed by atoms with Crippen molar-refractivity contribution in [2.45, 2.75) is 0 Å². The van der Waals surface area contributed by atoms with Crippen LogP contribution in [0.15, 0.2) is 43.0 Å². The Morgan fingerprint density at radius 3 is 1.77 bits per heavy atom. The predicted octanol–water partition coefficient (Wildman–Crippen LogP) is 5.32. The van der Waals surface area contributed by atoms with Gasteiger partial charge >= 0.3 is 0 Å². The topological polar surface area (TPSA) is 20.3 Å². The van der Waals surface area contributed by atoms with Crippen LogP contribution in [0, 0.1) is 0 Å². The highest BCUT2D eigenvalue weighted by molar-refractivity contribution is 9.11. The SMILES string of the molecule is CN1C/C(=C\c2ccc(Br)s2)C(=O)/C(=C/c2ccc(Br)s2)C1. The highest BCUT2D eigenvalue weighted by Crippen LogP contribution is 2.28. The van der Waals surface area contributed by atoms with Crippen molar-refractivity contribution in [3.05, 3.63) is 52.7 Å². The molecule has 1 saturated heterocycles. The number of nitrogens with zero attached hydrogens (tertiary/aromatic N) is 1. The number of halogens is 2. The quantitative estimate of drug-likeness (QED) is 0.568. The maximum atomic E-state index is 12.7. The smallest absolute Gasteiger partial charge is 0.187 e. The van der Waals surface area contributed by atoms with Crippen molar-refractivity contribution in [1.82, 2.24) is 4.90 Å². The molecule has 114 valence electrons. The zero-order valence-corrected chi connectivity index (χ0v) is 16.6. The van der Waals surface area contributed by atoms with Crippen molar-refractivity contribution < 1.29 is 4.79 Å². The van der Waals surface area contributed by atoms with Gasteiger partial charge in [-0.15, -0.1) is 22.7 Å². The van der Waals surface area contributed by atoms with E-state index in [0.29, 0.717) is 13.1 Å². The van der Waals surface area contributed by atoms with Crippen LogP contribution >= 0.6 is 54.5 Å². The van der Waals surface area contributed by atoms with Gasteiger partial charge in [-0.1, -0.05) is 0 Å². The van der Waals surface area contributed by atoms with Crippen molar-refractivity contribution in [2.24, 2.45) is 0 Å². The number of likely N-dealkylation sites (tertiary alicyclic amines) is 1. The van der Waals surface area contributed by atoms with Crippen molar-refractivity contribution in [3.8, 4) is 0 Å². The second-order valence-corrected chi connectivity index (χ2v) is 10.1. The molecule has 0 atom stereocenters. The summed E-state index contributed by atoms with van der Waals surface area (Å²) in [5.74, 6) is 0.159. The fourth-order valence-electron chi connectivity index (χ4n) is 2.36. The van der Waals surface area contributed by atoms with Gasteiger partial charge in [0, 0.05) is 34.0 Å². The minimum Gasteiger partial charge on any atom is -0.298 e. The van der Waals surface area contributed by atoms with Crippen molar-refractivity contribution in [3.63, 3.8) is 0 Å². The average molecular weight is 459 g/mol. The lowest BCUT2D eigenvalue weighted by atomic mass is 9.97. The maximum Gasteiger partial charge on any atom is 0.187 e. The number of carbonyl (C=O) groups excluding carboxylic acids is 1. The fourth-order valence-corrected chi connectivity index (χ4v) is 5.15. The summed E-state index contributed by atoms with van der Waals surface area (Å²) in [6.45, 7) is 1.39. The molecule has 2 nitrogen and oxygen atoms in total. The molecule has 22 heavy (non-hydrogen) atoms. The minimum absolute atomic E-state index is 0.159. The molecule has 0 spiro atoms. The van der Waals surface area contributed by atoms with Crippen LogP contribution in [0.2, 0.25) is 0 Å². The second-order valence-electron chi connectivity index (χ2n) is 5.12. The van der Waals surface area contributed by atoms with Gasteiger partial charge < -0.3 is 0 Å². The Labute approximate surface area is 154 Å². The molecule has 0 bridgehead atoms. The number of thiophene rings is 2. The second kappa shape index (κ2) is 6.93. The Balaban J connectivity index is 1.91. The Morgan fingerprint density at radius 1 is 0.955 bits per heavy atom. The zero-order chi connectivity index (χ0) is 15.7. The van der Waals surface area contributed by atoms with E-state index in [2.05, 4.69) is 36.8 Å². The van der Waals surface area contributed by atoms with E-state index >= 15 is 0 Å². The molecule has 1 fully saturated rings. The van der Waals surface area contributed by atoms with Crippen LogP contribution in [-0.4, -0.2) is 30.8 Å². The molecule has 0 amide bonds. The van der Waals surface area contributed by atoms with Gasteiger partial charge in [0.1, 0.15) is 0 Å². The molecule has 0 radical (unpaired) electrons. The van der Waals surface area contributed by atoms with E-state index in [1.54, 1.807) is 22.7 Å². The van der Waals surface area contributed by atoms with Gasteiger partial charge in [0.25, 0.3) is 0 Å². The van der Waals surface area contributed by atoms with Gasteiger partial charge in [0.2, 0.25) is 0 Å². The predicted molar refractivity (Wildman–Crippen MR) is 102 cm³/mol. The maximum absolute atomic E-state index is 12.7. The van der Waals surface area contributed by atoms with Crippen LogP contribution in [0.3, 0.4) is 0 Å². The van der Waals surface area contributed by atoms with Gasteiger partial charge in [-0.25, -0.2) is 0 Å². The van der Waals surface area contributed by atoms with Gasteiger partial charge in [-0.05, 0) is 75.3 Å². The summed E-state index contributed by atoms with van der Waals surface area (Å²) < 4.78 is 2.16. The molecule has 2 aromatic rings. The zero-order valence-electron chi connectivity index (χ0n) is 11.8. The summed E-state index contributed by atoms with van der Waals surface area (Å²) in [7, 11) is 2.04. The molecule has 0 aromatic carbocycles. The molecule has 0 N–H and O–H groups in total. The monoisotopic (exact) mass is 457 g/mol. The highest BCUT2D eigenvalue weighted by Gasteiger charge is 2.24. The Hall–Kier alpha value is -0.530. The Bertz CT molecular complexity index is 710. The van der Waals surface area contributed by atoms with E-state index in [0.717, 1.165) is 28.5 Å². The number of carbonyl (C=O) groups is 1. The lowest BCUT2D eigenvalue weighted by Gasteiger charge is -2.25. The third-order valence-electron chi connectivity index (χ3n) is 3.28. The van der Waals surface area contributed by atoms with E-state index in [1.165, 1.54) is 0 Å². The summed E-state index contributed by atoms with van der Waals surface area (Å²) in [5.41, 5.74) is 1.70. The first kappa shape index (κ1) is 16.3. The van der Waals surface area contributed by atoms with Crippen LogP contribution in [0.1, 0.15) is 9.75 Å². The van der Waals surface area contributed by atoms with E-state index in [1.807, 2.05) is 43.5 Å². The van der Waals surface area contributed by atoms with Gasteiger partial charge in [-0.3, -0.25) is 9.69 Å². The van der Waals surface area contributed by atoms with E-state index < -0.39 is 0 Å². The highest BCUT2D eigenvalue weighted by atomic mass is 79.9. The Morgan fingerprint density at radius 2 is 1.41 bits per heavy atom. The molecule has 2 aromatic heterocycles. The van der Waals surface area contributed by atoms with Crippen LogP contribution in [0.4, 0.5) is 0 Å². The molecule has 6 heteroatoms. The average Bonchev–Trinajstić information content (AvgIpc) is 3.04.